The second-order valence-corrected chi connectivity index (χ2v) is 4.28. The van der Waals surface area contributed by atoms with Crippen molar-refractivity contribution in [1.82, 2.24) is 10.2 Å². The summed E-state index contributed by atoms with van der Waals surface area (Å²) in [5.41, 5.74) is 0. The lowest BCUT2D eigenvalue weighted by Gasteiger charge is -2.16. The molecule has 0 bridgehead atoms. The van der Waals surface area contributed by atoms with E-state index in [1.165, 1.54) is 25.8 Å². The van der Waals surface area contributed by atoms with Gasteiger partial charge in [-0.25, -0.2) is 0 Å². The molecule has 1 aliphatic carbocycles. The Kier molecular flexibility index (Phi) is 6.15. The molecule has 1 saturated carbocycles. The molecular weight excluding hydrogens is 176 g/mol. The molecule has 1 aliphatic rings. The van der Waals surface area contributed by atoms with Gasteiger partial charge in [-0.05, 0) is 25.9 Å². The molecule has 1 fully saturated rings. The number of hydrogen-bond acceptors (Lipinski definition) is 3. The molecule has 0 atom stereocenters. The average Bonchev–Trinajstić information content (AvgIpc) is 2.98. The summed E-state index contributed by atoms with van der Waals surface area (Å²) in [6.07, 6.45) is 4.31. The summed E-state index contributed by atoms with van der Waals surface area (Å²) in [6, 6.07) is 0. The maximum absolute atomic E-state index is 5.02. The number of likely N-dealkylation sites (N-methyl/N-ethyl adjacent to an activating group) is 1. The van der Waals surface area contributed by atoms with E-state index in [2.05, 4.69) is 17.3 Å². The summed E-state index contributed by atoms with van der Waals surface area (Å²) in [6.45, 7) is 5.28. The van der Waals surface area contributed by atoms with Crippen LogP contribution in [0.5, 0.6) is 0 Å². The van der Waals surface area contributed by atoms with Crippen molar-refractivity contribution < 1.29 is 4.74 Å². The first kappa shape index (κ1) is 12.0. The van der Waals surface area contributed by atoms with Gasteiger partial charge in [0, 0.05) is 26.7 Å². The van der Waals surface area contributed by atoms with Gasteiger partial charge in [0.15, 0.2) is 0 Å². The molecule has 3 nitrogen and oxygen atoms in total. The smallest absolute Gasteiger partial charge is 0.0589 e. The second kappa shape index (κ2) is 7.21. The highest BCUT2D eigenvalue weighted by Gasteiger charge is 2.19. The molecule has 0 heterocycles. The zero-order valence-corrected chi connectivity index (χ0v) is 9.59. The van der Waals surface area contributed by atoms with Gasteiger partial charge in [0.25, 0.3) is 0 Å². The van der Waals surface area contributed by atoms with Crippen LogP contribution in [0.25, 0.3) is 0 Å². The molecule has 1 rings (SSSR count). The van der Waals surface area contributed by atoms with Crippen LogP contribution in [-0.2, 0) is 4.74 Å². The zero-order chi connectivity index (χ0) is 10.2. The van der Waals surface area contributed by atoms with Crippen molar-refractivity contribution in [3.63, 3.8) is 0 Å². The van der Waals surface area contributed by atoms with Crippen LogP contribution in [0.3, 0.4) is 0 Å². The van der Waals surface area contributed by atoms with Crippen LogP contribution in [0, 0.1) is 5.92 Å². The summed E-state index contributed by atoms with van der Waals surface area (Å²) in [5.74, 6) is 1.05. The highest BCUT2D eigenvalue weighted by molar-refractivity contribution is 4.73. The van der Waals surface area contributed by atoms with Crippen LogP contribution >= 0.6 is 0 Å². The third-order valence-electron chi connectivity index (χ3n) is 2.77. The minimum atomic E-state index is 0.832. The highest BCUT2D eigenvalue weighted by atomic mass is 16.5. The Labute approximate surface area is 87.8 Å². The summed E-state index contributed by atoms with van der Waals surface area (Å²) in [4.78, 5) is 2.30. The average molecular weight is 200 g/mol. The van der Waals surface area contributed by atoms with Crippen LogP contribution in [0.2, 0.25) is 0 Å². The van der Waals surface area contributed by atoms with E-state index in [0.29, 0.717) is 0 Å². The SMILES string of the molecule is COCCN(C)CCNCCC1CC1. The molecule has 0 saturated heterocycles. The highest BCUT2D eigenvalue weighted by Crippen LogP contribution is 2.31. The lowest BCUT2D eigenvalue weighted by atomic mass is 10.3. The van der Waals surface area contributed by atoms with Gasteiger partial charge in [-0.2, -0.15) is 0 Å². The van der Waals surface area contributed by atoms with Crippen molar-refractivity contribution in [3.8, 4) is 0 Å². The monoisotopic (exact) mass is 200 g/mol. The minimum Gasteiger partial charge on any atom is -0.383 e. The van der Waals surface area contributed by atoms with Crippen molar-refractivity contribution in [3.05, 3.63) is 0 Å². The minimum absolute atomic E-state index is 0.832. The van der Waals surface area contributed by atoms with Crippen molar-refractivity contribution in [2.75, 3.05) is 46.9 Å². The number of methoxy groups -OCH3 is 1. The van der Waals surface area contributed by atoms with Gasteiger partial charge in [-0.3, -0.25) is 0 Å². The predicted molar refractivity (Wildman–Crippen MR) is 59.6 cm³/mol. The van der Waals surface area contributed by atoms with E-state index < -0.39 is 0 Å². The molecule has 0 radical (unpaired) electrons. The van der Waals surface area contributed by atoms with Gasteiger partial charge in [0.2, 0.25) is 0 Å². The number of hydrogen-bond donors (Lipinski definition) is 1. The Balaban J connectivity index is 1.77. The molecule has 84 valence electrons. The zero-order valence-electron chi connectivity index (χ0n) is 9.59. The molecule has 0 aromatic carbocycles. The maximum atomic E-state index is 5.02. The Morgan fingerprint density at radius 3 is 2.71 bits per heavy atom. The van der Waals surface area contributed by atoms with Gasteiger partial charge in [0.1, 0.15) is 0 Å². The van der Waals surface area contributed by atoms with Crippen LogP contribution in [0.1, 0.15) is 19.3 Å². The van der Waals surface area contributed by atoms with Crippen LogP contribution in [-0.4, -0.2) is 51.8 Å². The van der Waals surface area contributed by atoms with E-state index in [1.807, 2.05) is 0 Å². The fourth-order valence-electron chi connectivity index (χ4n) is 1.47. The van der Waals surface area contributed by atoms with Gasteiger partial charge >= 0.3 is 0 Å². The van der Waals surface area contributed by atoms with E-state index in [0.717, 1.165) is 32.2 Å². The fraction of sp³-hybridized carbons (Fsp3) is 1.00. The lowest BCUT2D eigenvalue weighted by molar-refractivity contribution is 0.161. The molecule has 0 aromatic heterocycles. The number of rotatable bonds is 9. The molecule has 1 N–H and O–H groups in total. The van der Waals surface area contributed by atoms with E-state index in [-0.39, 0.29) is 0 Å². The van der Waals surface area contributed by atoms with E-state index in [9.17, 15) is 0 Å². The van der Waals surface area contributed by atoms with E-state index >= 15 is 0 Å². The van der Waals surface area contributed by atoms with E-state index in [1.54, 1.807) is 7.11 Å². The largest absolute Gasteiger partial charge is 0.383 e. The molecule has 0 aliphatic heterocycles. The summed E-state index contributed by atoms with van der Waals surface area (Å²) < 4.78 is 5.02. The van der Waals surface area contributed by atoms with Gasteiger partial charge < -0.3 is 15.0 Å². The summed E-state index contributed by atoms with van der Waals surface area (Å²) in [7, 11) is 3.89. The number of ether oxygens (including phenoxy) is 1. The first-order valence-corrected chi connectivity index (χ1v) is 5.71. The second-order valence-electron chi connectivity index (χ2n) is 4.28. The normalized spacial score (nSPS) is 16.5. The van der Waals surface area contributed by atoms with E-state index in [4.69, 9.17) is 4.74 Å². The van der Waals surface area contributed by atoms with Crippen LogP contribution in [0.15, 0.2) is 0 Å². The Morgan fingerprint density at radius 2 is 2.07 bits per heavy atom. The van der Waals surface area contributed by atoms with Crippen LogP contribution in [0.4, 0.5) is 0 Å². The van der Waals surface area contributed by atoms with Crippen molar-refractivity contribution in [2.45, 2.75) is 19.3 Å². The Morgan fingerprint density at radius 1 is 1.29 bits per heavy atom. The Hall–Kier alpha value is -0.120. The topological polar surface area (TPSA) is 24.5 Å². The summed E-state index contributed by atoms with van der Waals surface area (Å²) in [5, 5.41) is 3.48. The molecule has 0 spiro atoms. The Bertz CT molecular complexity index is 137. The molecule has 0 unspecified atom stereocenters. The predicted octanol–water partition coefficient (Wildman–Crippen LogP) is 0.954. The molecule has 3 heteroatoms. The third kappa shape index (κ3) is 6.35. The third-order valence-corrected chi connectivity index (χ3v) is 2.77. The number of nitrogens with zero attached hydrogens (tertiary/aromatic N) is 1. The quantitative estimate of drug-likeness (QED) is 0.561. The fourth-order valence-corrected chi connectivity index (χ4v) is 1.47. The van der Waals surface area contributed by atoms with Crippen molar-refractivity contribution >= 4 is 0 Å². The van der Waals surface area contributed by atoms with Crippen molar-refractivity contribution in [2.24, 2.45) is 5.92 Å². The lowest BCUT2D eigenvalue weighted by Crippen LogP contribution is -2.31. The number of nitrogens with one attached hydrogen (secondary N) is 1. The van der Waals surface area contributed by atoms with Gasteiger partial charge in [-0.15, -0.1) is 0 Å². The standard InChI is InChI=1S/C11H24N2O/c1-13(9-10-14-2)8-7-12-6-5-11-3-4-11/h11-12H,3-10H2,1-2H3. The molecule has 14 heavy (non-hydrogen) atoms. The van der Waals surface area contributed by atoms with Crippen molar-refractivity contribution in [1.29, 1.82) is 0 Å². The van der Waals surface area contributed by atoms with Gasteiger partial charge in [-0.1, -0.05) is 12.8 Å². The first-order chi connectivity index (χ1) is 6.83. The first-order valence-electron chi connectivity index (χ1n) is 5.71. The molecular formula is C11H24N2O. The summed E-state index contributed by atoms with van der Waals surface area (Å²) >= 11 is 0. The van der Waals surface area contributed by atoms with Gasteiger partial charge in [0.05, 0.1) is 6.61 Å². The molecule has 0 amide bonds. The molecule has 0 aromatic rings. The van der Waals surface area contributed by atoms with Crippen LogP contribution < -0.4 is 5.32 Å². The maximum Gasteiger partial charge on any atom is 0.0589 e.